The summed E-state index contributed by atoms with van der Waals surface area (Å²) in [6.45, 7) is 8.30. The van der Waals surface area contributed by atoms with E-state index < -0.39 is 17.8 Å². The van der Waals surface area contributed by atoms with E-state index in [-0.39, 0.29) is 0 Å². The van der Waals surface area contributed by atoms with E-state index in [1.54, 1.807) is 36.8 Å². The number of carbonyl (C=O) groups excluding carboxylic acids is 2. The molecule has 1 aromatic carbocycles. The standard InChI is InChI=1S/C29H37N3O4/c1-5-6-7-8-9-10-16-31-27(33)35-25-14-11-13-22(19-25)23-18-24(21-30-20-23)26-15-12-17-32(26)28(34)36-29(2,3)4/h11-15,17-21H,5-10,16H2,1-4H3,(H,31,33). The molecular weight excluding hydrogens is 454 g/mol. The summed E-state index contributed by atoms with van der Waals surface area (Å²) < 4.78 is 12.5. The van der Waals surface area contributed by atoms with E-state index >= 15 is 0 Å². The van der Waals surface area contributed by atoms with Crippen LogP contribution in [0.4, 0.5) is 9.59 Å². The monoisotopic (exact) mass is 491 g/mol. The van der Waals surface area contributed by atoms with Crippen LogP contribution in [-0.2, 0) is 4.74 Å². The normalized spacial score (nSPS) is 11.2. The highest BCUT2D eigenvalue weighted by Crippen LogP contribution is 2.28. The van der Waals surface area contributed by atoms with Crippen LogP contribution in [0, 0.1) is 0 Å². The van der Waals surface area contributed by atoms with Crippen molar-refractivity contribution in [1.82, 2.24) is 14.9 Å². The van der Waals surface area contributed by atoms with Gasteiger partial charge in [-0.3, -0.25) is 9.55 Å². The van der Waals surface area contributed by atoms with Crippen LogP contribution in [0.1, 0.15) is 66.2 Å². The first kappa shape index (κ1) is 27.0. The van der Waals surface area contributed by atoms with Gasteiger partial charge >= 0.3 is 12.2 Å². The number of pyridine rings is 1. The molecule has 36 heavy (non-hydrogen) atoms. The second-order valence-electron chi connectivity index (χ2n) is 9.82. The molecule has 7 heteroatoms. The second kappa shape index (κ2) is 12.9. The predicted octanol–water partition coefficient (Wildman–Crippen LogP) is 7.45. The Morgan fingerprint density at radius 1 is 0.917 bits per heavy atom. The van der Waals surface area contributed by atoms with Crippen LogP contribution in [0.3, 0.4) is 0 Å². The molecule has 2 heterocycles. The third-order valence-corrected chi connectivity index (χ3v) is 5.55. The fraction of sp³-hybridized carbons (Fsp3) is 0.414. The first-order chi connectivity index (χ1) is 17.3. The minimum absolute atomic E-state index is 0.449. The van der Waals surface area contributed by atoms with Crippen LogP contribution >= 0.6 is 0 Å². The molecule has 1 amide bonds. The molecule has 3 rings (SSSR count). The van der Waals surface area contributed by atoms with E-state index in [0.29, 0.717) is 18.0 Å². The smallest absolute Gasteiger partial charge is 0.418 e. The maximum absolute atomic E-state index is 12.6. The summed E-state index contributed by atoms with van der Waals surface area (Å²) in [5.41, 5.74) is 2.54. The van der Waals surface area contributed by atoms with Gasteiger partial charge in [-0.1, -0.05) is 51.2 Å². The van der Waals surface area contributed by atoms with Crippen LogP contribution in [0.5, 0.6) is 5.75 Å². The lowest BCUT2D eigenvalue weighted by molar-refractivity contribution is 0.0540. The van der Waals surface area contributed by atoms with E-state index in [4.69, 9.17) is 9.47 Å². The Morgan fingerprint density at radius 3 is 2.44 bits per heavy atom. The maximum Gasteiger partial charge on any atom is 0.418 e. The molecule has 0 spiro atoms. The van der Waals surface area contributed by atoms with Crippen molar-refractivity contribution in [3.05, 3.63) is 61.1 Å². The molecular formula is C29H37N3O4. The highest BCUT2D eigenvalue weighted by atomic mass is 16.6. The van der Waals surface area contributed by atoms with E-state index in [0.717, 1.165) is 29.5 Å². The Hall–Kier alpha value is -3.61. The fourth-order valence-corrected chi connectivity index (χ4v) is 3.80. The van der Waals surface area contributed by atoms with Gasteiger partial charge in [0.25, 0.3) is 0 Å². The van der Waals surface area contributed by atoms with E-state index in [2.05, 4.69) is 17.2 Å². The van der Waals surface area contributed by atoms with E-state index in [9.17, 15) is 9.59 Å². The molecule has 0 aliphatic rings. The van der Waals surface area contributed by atoms with Gasteiger partial charge in [0.1, 0.15) is 11.4 Å². The molecule has 0 bridgehead atoms. The van der Waals surface area contributed by atoms with Crippen molar-refractivity contribution in [2.45, 2.75) is 71.8 Å². The van der Waals surface area contributed by atoms with Gasteiger partial charge in [0, 0.05) is 36.3 Å². The SMILES string of the molecule is CCCCCCCCNC(=O)Oc1cccc(-c2cncc(-c3cccn3C(=O)OC(C)(C)C)c2)c1. The Morgan fingerprint density at radius 2 is 1.67 bits per heavy atom. The van der Waals surface area contributed by atoms with Gasteiger partial charge in [-0.15, -0.1) is 0 Å². The van der Waals surface area contributed by atoms with Crippen LogP contribution in [0.2, 0.25) is 0 Å². The molecule has 192 valence electrons. The lowest BCUT2D eigenvalue weighted by Gasteiger charge is -2.20. The zero-order valence-corrected chi connectivity index (χ0v) is 21.8. The summed E-state index contributed by atoms with van der Waals surface area (Å²) >= 11 is 0. The largest absolute Gasteiger partial charge is 0.443 e. The number of hydrogen-bond donors (Lipinski definition) is 1. The molecule has 0 fully saturated rings. The van der Waals surface area contributed by atoms with Crippen LogP contribution in [0.25, 0.3) is 22.4 Å². The van der Waals surface area contributed by atoms with Crippen LogP contribution in [0.15, 0.2) is 61.1 Å². The highest BCUT2D eigenvalue weighted by molar-refractivity contribution is 5.80. The van der Waals surface area contributed by atoms with Gasteiger partial charge in [-0.05, 0) is 63.1 Å². The van der Waals surface area contributed by atoms with Crippen molar-refractivity contribution in [1.29, 1.82) is 0 Å². The van der Waals surface area contributed by atoms with E-state index in [1.807, 2.05) is 45.0 Å². The number of amides is 1. The van der Waals surface area contributed by atoms with Crippen molar-refractivity contribution >= 4 is 12.2 Å². The summed E-state index contributed by atoms with van der Waals surface area (Å²) in [5.74, 6) is 0.454. The third kappa shape index (κ3) is 8.26. The Bertz CT molecular complexity index is 1150. The van der Waals surface area contributed by atoms with Crippen molar-refractivity contribution < 1.29 is 19.1 Å². The minimum atomic E-state index is -0.597. The lowest BCUT2D eigenvalue weighted by Crippen LogP contribution is -2.27. The lowest BCUT2D eigenvalue weighted by atomic mass is 10.0. The average molecular weight is 492 g/mol. The number of ether oxygens (including phenoxy) is 2. The number of nitrogens with one attached hydrogen (secondary N) is 1. The van der Waals surface area contributed by atoms with Crippen molar-refractivity contribution in [3.63, 3.8) is 0 Å². The summed E-state index contributed by atoms with van der Waals surface area (Å²) in [5, 5.41) is 2.82. The van der Waals surface area contributed by atoms with E-state index in [1.165, 1.54) is 30.3 Å². The number of rotatable bonds is 10. The molecule has 0 radical (unpaired) electrons. The molecule has 0 aliphatic heterocycles. The third-order valence-electron chi connectivity index (χ3n) is 5.55. The fourth-order valence-electron chi connectivity index (χ4n) is 3.80. The zero-order valence-electron chi connectivity index (χ0n) is 21.8. The molecule has 0 saturated carbocycles. The molecule has 0 unspecified atom stereocenters. The topological polar surface area (TPSA) is 82.5 Å². The second-order valence-corrected chi connectivity index (χ2v) is 9.82. The number of hydrogen-bond acceptors (Lipinski definition) is 5. The molecule has 7 nitrogen and oxygen atoms in total. The van der Waals surface area contributed by atoms with Gasteiger partial charge < -0.3 is 14.8 Å². The Kier molecular flexibility index (Phi) is 9.68. The molecule has 0 saturated heterocycles. The molecule has 0 atom stereocenters. The molecule has 2 aromatic heterocycles. The van der Waals surface area contributed by atoms with Gasteiger partial charge in [-0.25, -0.2) is 9.59 Å². The molecule has 1 N–H and O–H groups in total. The minimum Gasteiger partial charge on any atom is -0.443 e. The van der Waals surface area contributed by atoms with Gasteiger partial charge in [-0.2, -0.15) is 0 Å². The van der Waals surface area contributed by atoms with Gasteiger partial charge in [0.2, 0.25) is 0 Å². The van der Waals surface area contributed by atoms with Crippen molar-refractivity contribution in [3.8, 4) is 28.1 Å². The first-order valence-corrected chi connectivity index (χ1v) is 12.7. The maximum atomic E-state index is 12.6. The first-order valence-electron chi connectivity index (χ1n) is 12.7. The summed E-state index contributed by atoms with van der Waals surface area (Å²) in [4.78, 5) is 29.2. The number of benzene rings is 1. The zero-order chi connectivity index (χ0) is 26.0. The number of carbonyl (C=O) groups is 2. The number of nitrogens with zero attached hydrogens (tertiary/aromatic N) is 2. The number of unbranched alkanes of at least 4 members (excludes halogenated alkanes) is 5. The summed E-state index contributed by atoms with van der Waals surface area (Å²) in [6, 6.07) is 12.9. The summed E-state index contributed by atoms with van der Waals surface area (Å²) in [6.07, 6.45) is 11.2. The van der Waals surface area contributed by atoms with Gasteiger partial charge in [0.05, 0.1) is 5.69 Å². The number of aromatic nitrogens is 2. The average Bonchev–Trinajstić information content (AvgIpc) is 3.33. The van der Waals surface area contributed by atoms with Crippen LogP contribution in [-0.4, -0.2) is 33.9 Å². The predicted molar refractivity (Wildman–Crippen MR) is 142 cm³/mol. The Labute approximate surface area is 213 Å². The highest BCUT2D eigenvalue weighted by Gasteiger charge is 2.20. The van der Waals surface area contributed by atoms with Crippen LogP contribution < -0.4 is 10.1 Å². The molecule has 0 aliphatic carbocycles. The quantitative estimate of drug-likeness (QED) is 0.298. The molecule has 3 aromatic rings. The Balaban J connectivity index is 1.65. The van der Waals surface area contributed by atoms with Crippen molar-refractivity contribution in [2.75, 3.05) is 6.54 Å². The van der Waals surface area contributed by atoms with Crippen molar-refractivity contribution in [2.24, 2.45) is 0 Å². The summed E-state index contributed by atoms with van der Waals surface area (Å²) in [7, 11) is 0. The van der Waals surface area contributed by atoms with Gasteiger partial charge in [0.15, 0.2) is 0 Å².